The highest BCUT2D eigenvalue weighted by Gasteiger charge is 2.48. The lowest BCUT2D eigenvalue weighted by molar-refractivity contribution is 0.00290. The molecule has 3 fully saturated rings. The highest BCUT2D eigenvalue weighted by molar-refractivity contribution is 5.04. The fraction of sp³-hybridized carbons (Fsp3) is 1.00. The van der Waals surface area contributed by atoms with E-state index in [0.717, 1.165) is 24.4 Å². The second-order valence-electron chi connectivity index (χ2n) is 6.78. The zero-order valence-corrected chi connectivity index (χ0v) is 11.3. The highest BCUT2D eigenvalue weighted by Crippen LogP contribution is 2.45. The third kappa shape index (κ3) is 2.26. The molecule has 3 rings (SSSR count). The van der Waals surface area contributed by atoms with Crippen LogP contribution in [0.25, 0.3) is 0 Å². The van der Waals surface area contributed by atoms with E-state index in [1.54, 1.807) is 0 Å². The standard InChI is InChI=1S/C15H28N2/c1-12-4-2-3-9-15(12,11-16)17(14-7-8-14)10-13-5-6-13/h12-14H,2-11,16H2,1H3. The van der Waals surface area contributed by atoms with Gasteiger partial charge in [0, 0.05) is 24.7 Å². The Morgan fingerprint density at radius 3 is 2.41 bits per heavy atom. The minimum atomic E-state index is 0.363. The van der Waals surface area contributed by atoms with E-state index in [9.17, 15) is 0 Å². The Morgan fingerprint density at radius 1 is 1.12 bits per heavy atom. The van der Waals surface area contributed by atoms with Gasteiger partial charge >= 0.3 is 0 Å². The van der Waals surface area contributed by atoms with Crippen molar-refractivity contribution in [3.63, 3.8) is 0 Å². The molecule has 0 aromatic rings. The van der Waals surface area contributed by atoms with Gasteiger partial charge in [0.25, 0.3) is 0 Å². The normalized spacial score (nSPS) is 38.6. The molecule has 3 aliphatic rings. The van der Waals surface area contributed by atoms with Crippen LogP contribution in [0.4, 0.5) is 0 Å². The molecule has 98 valence electrons. The van der Waals surface area contributed by atoms with Crippen LogP contribution in [0.15, 0.2) is 0 Å². The summed E-state index contributed by atoms with van der Waals surface area (Å²) in [6.45, 7) is 4.69. The van der Waals surface area contributed by atoms with Crippen LogP contribution in [-0.4, -0.2) is 29.6 Å². The molecule has 2 heteroatoms. The third-order valence-corrected chi connectivity index (χ3v) is 5.48. The van der Waals surface area contributed by atoms with Crippen molar-refractivity contribution in [2.24, 2.45) is 17.6 Å². The third-order valence-electron chi connectivity index (χ3n) is 5.48. The summed E-state index contributed by atoms with van der Waals surface area (Å²) < 4.78 is 0. The Balaban J connectivity index is 1.78. The van der Waals surface area contributed by atoms with Gasteiger partial charge in [-0.15, -0.1) is 0 Å². The van der Waals surface area contributed by atoms with E-state index in [-0.39, 0.29) is 0 Å². The van der Waals surface area contributed by atoms with Crippen molar-refractivity contribution >= 4 is 0 Å². The van der Waals surface area contributed by atoms with Crippen molar-refractivity contribution in [3.05, 3.63) is 0 Å². The predicted octanol–water partition coefficient (Wildman–Crippen LogP) is 2.77. The molecule has 2 nitrogen and oxygen atoms in total. The Morgan fingerprint density at radius 2 is 1.88 bits per heavy atom. The summed E-state index contributed by atoms with van der Waals surface area (Å²) in [7, 11) is 0. The molecule has 0 radical (unpaired) electrons. The quantitative estimate of drug-likeness (QED) is 0.795. The SMILES string of the molecule is CC1CCCCC1(CN)N(CC1CC1)C1CC1. The molecular weight excluding hydrogens is 208 g/mol. The molecule has 0 heterocycles. The van der Waals surface area contributed by atoms with E-state index in [0.29, 0.717) is 5.54 Å². The lowest BCUT2D eigenvalue weighted by Crippen LogP contribution is -2.60. The van der Waals surface area contributed by atoms with Gasteiger partial charge in [0.2, 0.25) is 0 Å². The van der Waals surface area contributed by atoms with Crippen molar-refractivity contribution in [1.29, 1.82) is 0 Å². The zero-order chi connectivity index (χ0) is 11.9. The van der Waals surface area contributed by atoms with Gasteiger partial charge in [0.15, 0.2) is 0 Å². The van der Waals surface area contributed by atoms with Crippen LogP contribution >= 0.6 is 0 Å². The Hall–Kier alpha value is -0.0800. The van der Waals surface area contributed by atoms with Crippen LogP contribution in [0.3, 0.4) is 0 Å². The van der Waals surface area contributed by atoms with Crippen LogP contribution in [-0.2, 0) is 0 Å². The molecule has 3 saturated carbocycles. The summed E-state index contributed by atoms with van der Waals surface area (Å²) in [4.78, 5) is 2.87. The summed E-state index contributed by atoms with van der Waals surface area (Å²) in [6.07, 6.45) is 11.4. The minimum Gasteiger partial charge on any atom is -0.329 e. The maximum atomic E-state index is 6.25. The van der Waals surface area contributed by atoms with E-state index in [2.05, 4.69) is 11.8 Å². The van der Waals surface area contributed by atoms with Crippen LogP contribution in [0, 0.1) is 11.8 Å². The molecule has 2 unspecified atom stereocenters. The summed E-state index contributed by atoms with van der Waals surface area (Å²) in [5.41, 5.74) is 6.61. The van der Waals surface area contributed by atoms with Crippen LogP contribution in [0.1, 0.15) is 58.3 Å². The van der Waals surface area contributed by atoms with Crippen molar-refractivity contribution in [3.8, 4) is 0 Å². The molecule has 0 amide bonds. The Labute approximate surface area is 106 Å². The van der Waals surface area contributed by atoms with E-state index in [4.69, 9.17) is 5.73 Å². The topological polar surface area (TPSA) is 29.3 Å². The summed E-state index contributed by atoms with van der Waals surface area (Å²) in [5, 5.41) is 0. The first kappa shape index (κ1) is 12.0. The van der Waals surface area contributed by atoms with Crippen molar-refractivity contribution < 1.29 is 0 Å². The van der Waals surface area contributed by atoms with Crippen molar-refractivity contribution in [1.82, 2.24) is 4.90 Å². The molecule has 0 saturated heterocycles. The van der Waals surface area contributed by atoms with Gasteiger partial charge in [-0.05, 0) is 50.4 Å². The first-order valence-electron chi connectivity index (χ1n) is 7.73. The van der Waals surface area contributed by atoms with E-state index >= 15 is 0 Å². The number of rotatable bonds is 5. The second-order valence-corrected chi connectivity index (χ2v) is 6.78. The maximum Gasteiger partial charge on any atom is 0.0360 e. The molecule has 2 N–H and O–H groups in total. The van der Waals surface area contributed by atoms with E-state index in [1.807, 2.05) is 0 Å². The average Bonchev–Trinajstić information content (AvgIpc) is 3.20. The largest absolute Gasteiger partial charge is 0.329 e. The van der Waals surface area contributed by atoms with Crippen molar-refractivity contribution in [2.75, 3.05) is 13.1 Å². The molecule has 2 atom stereocenters. The molecule has 3 aliphatic carbocycles. The van der Waals surface area contributed by atoms with Crippen LogP contribution in [0.2, 0.25) is 0 Å². The van der Waals surface area contributed by atoms with Gasteiger partial charge in [-0.3, -0.25) is 4.90 Å². The number of hydrogen-bond donors (Lipinski definition) is 1. The molecular formula is C15H28N2. The predicted molar refractivity (Wildman–Crippen MR) is 71.9 cm³/mol. The molecule has 0 spiro atoms. The van der Waals surface area contributed by atoms with Gasteiger partial charge < -0.3 is 5.73 Å². The number of nitrogens with two attached hydrogens (primary N) is 1. The summed E-state index contributed by atoms with van der Waals surface area (Å²) in [6, 6.07) is 0.889. The average molecular weight is 236 g/mol. The summed E-state index contributed by atoms with van der Waals surface area (Å²) >= 11 is 0. The molecule has 0 aromatic heterocycles. The first-order chi connectivity index (χ1) is 8.26. The highest BCUT2D eigenvalue weighted by atomic mass is 15.3. The molecule has 0 aromatic carbocycles. The molecule has 0 aliphatic heterocycles. The number of hydrogen-bond acceptors (Lipinski definition) is 2. The molecule has 17 heavy (non-hydrogen) atoms. The first-order valence-corrected chi connectivity index (χ1v) is 7.73. The van der Waals surface area contributed by atoms with Crippen LogP contribution < -0.4 is 5.73 Å². The lowest BCUT2D eigenvalue weighted by atomic mass is 9.72. The Kier molecular flexibility index (Phi) is 3.20. The van der Waals surface area contributed by atoms with Gasteiger partial charge in [0.1, 0.15) is 0 Å². The maximum absolute atomic E-state index is 6.25. The van der Waals surface area contributed by atoms with Gasteiger partial charge in [-0.25, -0.2) is 0 Å². The van der Waals surface area contributed by atoms with Crippen LogP contribution in [0.5, 0.6) is 0 Å². The fourth-order valence-electron chi connectivity index (χ4n) is 3.90. The van der Waals surface area contributed by atoms with Gasteiger partial charge in [0.05, 0.1) is 0 Å². The monoisotopic (exact) mass is 236 g/mol. The van der Waals surface area contributed by atoms with E-state index in [1.165, 1.54) is 57.9 Å². The van der Waals surface area contributed by atoms with Crippen molar-refractivity contribution in [2.45, 2.75) is 69.9 Å². The van der Waals surface area contributed by atoms with Gasteiger partial charge in [-0.1, -0.05) is 19.8 Å². The minimum absolute atomic E-state index is 0.363. The van der Waals surface area contributed by atoms with E-state index < -0.39 is 0 Å². The fourth-order valence-corrected chi connectivity index (χ4v) is 3.90. The second kappa shape index (κ2) is 4.55. The zero-order valence-electron chi connectivity index (χ0n) is 11.3. The van der Waals surface area contributed by atoms with Gasteiger partial charge in [-0.2, -0.15) is 0 Å². The smallest absolute Gasteiger partial charge is 0.0360 e. The Bertz CT molecular complexity index is 270. The molecule has 0 bridgehead atoms. The summed E-state index contributed by atoms with van der Waals surface area (Å²) in [5.74, 6) is 1.81. The lowest BCUT2D eigenvalue weighted by Gasteiger charge is -2.50. The number of nitrogens with zero attached hydrogens (tertiary/aromatic N) is 1.